The first-order chi connectivity index (χ1) is 25.1. The van der Waals surface area contributed by atoms with Crippen LogP contribution in [0.2, 0.25) is 0 Å². The van der Waals surface area contributed by atoms with Crippen LogP contribution >= 0.6 is 0 Å². The minimum Gasteiger partial charge on any atom is -0.366 e. The van der Waals surface area contributed by atoms with Crippen molar-refractivity contribution >= 4 is 57.2 Å². The van der Waals surface area contributed by atoms with Gasteiger partial charge in [-0.15, -0.1) is 0 Å². The molecular weight excluding hydrogens is 665 g/mol. The molecule has 1 saturated heterocycles. The highest BCUT2D eigenvalue weighted by Gasteiger charge is 2.19. The second-order valence-corrected chi connectivity index (χ2v) is 12.5. The van der Waals surface area contributed by atoms with Gasteiger partial charge in [-0.05, 0) is 61.2 Å². The number of rotatable bonds is 7. The fraction of sp³-hybridized carbons (Fsp3) is 0.211. The molecule has 1 fully saturated rings. The number of piperidine rings is 1. The molecule has 0 unspecified atom stereocenters. The zero-order chi connectivity index (χ0) is 36.8. The van der Waals surface area contributed by atoms with Crippen molar-refractivity contribution in [1.29, 1.82) is 0 Å². The third-order valence-corrected chi connectivity index (χ3v) is 8.69. The number of hydrogen-bond acceptors (Lipinski definition) is 6. The van der Waals surface area contributed by atoms with Gasteiger partial charge < -0.3 is 35.7 Å². The van der Waals surface area contributed by atoms with Crippen LogP contribution in [0.4, 0.5) is 20.6 Å². The smallest absolute Gasteiger partial charge is 0.321 e. The predicted octanol–water partition coefficient (Wildman–Crippen LogP) is 5.58. The van der Waals surface area contributed by atoms with Crippen LogP contribution < -0.4 is 21.7 Å². The number of nitrogens with two attached hydrogens (primary N) is 1. The van der Waals surface area contributed by atoms with E-state index in [0.29, 0.717) is 50.1 Å². The second kappa shape index (κ2) is 15.5. The van der Waals surface area contributed by atoms with E-state index in [2.05, 4.69) is 25.9 Å². The van der Waals surface area contributed by atoms with E-state index in [1.807, 2.05) is 6.07 Å². The summed E-state index contributed by atoms with van der Waals surface area (Å²) in [4.78, 5) is 59.4. The average Bonchev–Trinajstić information content (AvgIpc) is 3.67. The number of halogens is 1. The lowest BCUT2D eigenvalue weighted by molar-refractivity contribution is 0.0950. The second-order valence-electron chi connectivity index (χ2n) is 12.5. The number of benzene rings is 2. The zero-order valence-corrected chi connectivity index (χ0v) is 28.7. The van der Waals surface area contributed by atoms with E-state index in [0.717, 1.165) is 31.5 Å². The number of pyridine rings is 2. The van der Waals surface area contributed by atoms with Crippen molar-refractivity contribution in [3.05, 3.63) is 120 Å². The lowest BCUT2D eigenvalue weighted by Gasteiger charge is -2.26. The number of anilines is 2. The van der Waals surface area contributed by atoms with Crippen molar-refractivity contribution in [2.45, 2.75) is 25.8 Å². The first-order valence-corrected chi connectivity index (χ1v) is 16.7. The van der Waals surface area contributed by atoms with Gasteiger partial charge in [-0.3, -0.25) is 14.4 Å². The maximum atomic E-state index is 13.0. The van der Waals surface area contributed by atoms with Crippen LogP contribution in [-0.2, 0) is 20.6 Å². The monoisotopic (exact) mass is 703 g/mol. The Morgan fingerprint density at radius 1 is 0.750 bits per heavy atom. The molecule has 5 N–H and O–H groups in total. The number of carbonyl (C=O) groups is 4. The van der Waals surface area contributed by atoms with E-state index in [-0.39, 0.29) is 30.2 Å². The van der Waals surface area contributed by atoms with E-state index >= 15 is 0 Å². The Balaban J connectivity index is 0.000000187. The quantitative estimate of drug-likeness (QED) is 0.169. The maximum absolute atomic E-state index is 13.0. The SMILES string of the molecule is Cn1cc(C(=O)NCc2ccc(F)cc2)c2cc(NC(=O)c3ccccc3)cnc21.Cn1cc(C(N)=O)c2cc(NC(=O)N3CCCCC3)cnc21. The van der Waals surface area contributed by atoms with Gasteiger partial charge >= 0.3 is 6.03 Å². The summed E-state index contributed by atoms with van der Waals surface area (Å²) in [5.41, 5.74) is 9.90. The predicted molar refractivity (Wildman–Crippen MR) is 196 cm³/mol. The molecule has 5 heterocycles. The molecule has 0 radical (unpaired) electrons. The number of nitrogens with one attached hydrogen (secondary N) is 3. The van der Waals surface area contributed by atoms with Gasteiger partial charge in [0, 0.05) is 62.5 Å². The molecule has 14 heteroatoms. The van der Waals surface area contributed by atoms with Crippen LogP contribution in [0.25, 0.3) is 22.1 Å². The largest absolute Gasteiger partial charge is 0.366 e. The van der Waals surface area contributed by atoms with E-state index in [4.69, 9.17) is 5.73 Å². The fourth-order valence-corrected chi connectivity index (χ4v) is 6.01. The summed E-state index contributed by atoms with van der Waals surface area (Å²) in [6.45, 7) is 1.83. The standard InChI is InChI=1S/C23H19FN4O2.C15H19N5O2/c1-28-14-20(23(30)26-12-15-7-9-17(24)10-8-15)19-11-18(13-25-21(19)28)27-22(29)16-5-3-2-4-6-16;1-19-9-12(13(16)21)11-7-10(8-17-14(11)19)18-15(22)20-5-3-2-4-6-20/h2-11,13-14H,12H2,1H3,(H,26,30)(H,27,29);7-9H,2-6H2,1H3,(H2,16,21)(H,18,22). The number of hydrogen-bond donors (Lipinski definition) is 4. The van der Waals surface area contributed by atoms with Gasteiger partial charge in [-0.25, -0.2) is 19.2 Å². The van der Waals surface area contributed by atoms with Gasteiger partial charge in [0.05, 0.1) is 34.9 Å². The molecule has 5 amide bonds. The van der Waals surface area contributed by atoms with Crippen LogP contribution in [0.15, 0.2) is 91.5 Å². The molecule has 1 aliphatic heterocycles. The van der Waals surface area contributed by atoms with Crippen LogP contribution in [0.3, 0.4) is 0 Å². The summed E-state index contributed by atoms with van der Waals surface area (Å²) in [5, 5.41) is 9.76. The van der Waals surface area contributed by atoms with Gasteiger partial charge in [0.1, 0.15) is 17.1 Å². The normalized spacial score (nSPS) is 12.6. The van der Waals surface area contributed by atoms with Gasteiger partial charge in [0.2, 0.25) is 0 Å². The number of aryl methyl sites for hydroxylation is 2. The number of amides is 5. The van der Waals surface area contributed by atoms with Gasteiger partial charge in [-0.1, -0.05) is 30.3 Å². The average molecular weight is 704 g/mol. The minimum absolute atomic E-state index is 0.127. The molecule has 4 aromatic heterocycles. The summed E-state index contributed by atoms with van der Waals surface area (Å²) in [7, 11) is 3.60. The summed E-state index contributed by atoms with van der Waals surface area (Å²) >= 11 is 0. The lowest BCUT2D eigenvalue weighted by atomic mass is 10.1. The van der Waals surface area contributed by atoms with Gasteiger partial charge in [0.15, 0.2) is 0 Å². The Morgan fingerprint density at radius 3 is 1.94 bits per heavy atom. The highest BCUT2D eigenvalue weighted by atomic mass is 19.1. The summed E-state index contributed by atoms with van der Waals surface area (Å²) in [6, 6.07) is 18.2. The third kappa shape index (κ3) is 8.07. The number of likely N-dealkylation sites (tertiary alicyclic amines) is 1. The van der Waals surface area contributed by atoms with Crippen molar-refractivity contribution in [2.24, 2.45) is 19.8 Å². The van der Waals surface area contributed by atoms with Gasteiger partial charge in [-0.2, -0.15) is 0 Å². The molecule has 0 atom stereocenters. The van der Waals surface area contributed by atoms with Crippen LogP contribution in [0.5, 0.6) is 0 Å². The van der Waals surface area contributed by atoms with Crippen LogP contribution in [0.1, 0.15) is 55.9 Å². The first-order valence-electron chi connectivity index (χ1n) is 16.7. The molecule has 13 nitrogen and oxygen atoms in total. The number of nitrogens with zero attached hydrogens (tertiary/aromatic N) is 5. The minimum atomic E-state index is -0.507. The van der Waals surface area contributed by atoms with E-state index in [1.165, 1.54) is 18.6 Å². The Hall–Kier alpha value is -6.57. The van der Waals surface area contributed by atoms with Crippen molar-refractivity contribution < 1.29 is 23.6 Å². The molecule has 0 spiro atoms. The molecule has 6 aromatic rings. The van der Waals surface area contributed by atoms with Crippen LogP contribution in [-0.4, -0.2) is 60.8 Å². The molecule has 0 aliphatic carbocycles. The molecule has 1 aliphatic rings. The number of urea groups is 1. The van der Waals surface area contributed by atoms with E-state index < -0.39 is 5.91 Å². The Morgan fingerprint density at radius 2 is 1.33 bits per heavy atom. The summed E-state index contributed by atoms with van der Waals surface area (Å²) in [5.74, 6) is -1.37. The lowest BCUT2D eigenvalue weighted by Crippen LogP contribution is -2.38. The Kier molecular flexibility index (Phi) is 10.5. The molecule has 0 bridgehead atoms. The van der Waals surface area contributed by atoms with Gasteiger partial charge in [0.25, 0.3) is 17.7 Å². The van der Waals surface area contributed by atoms with Crippen molar-refractivity contribution in [3.63, 3.8) is 0 Å². The van der Waals surface area contributed by atoms with E-state index in [1.54, 1.807) is 101 Å². The molecule has 2 aromatic carbocycles. The summed E-state index contributed by atoms with van der Waals surface area (Å²) in [6.07, 6.45) is 9.74. The summed E-state index contributed by atoms with van der Waals surface area (Å²) < 4.78 is 16.5. The topological polar surface area (TPSA) is 169 Å². The van der Waals surface area contributed by atoms with E-state index in [9.17, 15) is 23.6 Å². The first kappa shape index (κ1) is 35.3. The number of aromatic nitrogens is 4. The number of primary amides is 1. The molecule has 7 rings (SSSR count). The maximum Gasteiger partial charge on any atom is 0.321 e. The number of carbonyl (C=O) groups excluding carboxylic acids is 4. The fourth-order valence-electron chi connectivity index (χ4n) is 6.01. The molecule has 266 valence electrons. The zero-order valence-electron chi connectivity index (χ0n) is 28.7. The third-order valence-electron chi connectivity index (χ3n) is 8.69. The van der Waals surface area contributed by atoms with Crippen molar-refractivity contribution in [2.75, 3.05) is 23.7 Å². The van der Waals surface area contributed by atoms with Crippen molar-refractivity contribution in [3.8, 4) is 0 Å². The molecule has 0 saturated carbocycles. The highest BCUT2D eigenvalue weighted by Crippen LogP contribution is 2.24. The van der Waals surface area contributed by atoms with Crippen LogP contribution in [0, 0.1) is 5.82 Å². The molecular formula is C38H38FN9O4. The molecule has 52 heavy (non-hydrogen) atoms. The highest BCUT2D eigenvalue weighted by molar-refractivity contribution is 6.09. The number of fused-ring (bicyclic) bond motifs is 2. The Labute approximate surface area is 298 Å². The Bertz CT molecular complexity index is 2260. The van der Waals surface area contributed by atoms with Crippen molar-refractivity contribution in [1.82, 2.24) is 29.3 Å².